The van der Waals surface area contributed by atoms with Crippen LogP contribution in [0.25, 0.3) is 0 Å². The van der Waals surface area contributed by atoms with Crippen LogP contribution in [0.1, 0.15) is 36.8 Å². The second kappa shape index (κ2) is 6.79. The van der Waals surface area contributed by atoms with E-state index in [1.54, 1.807) is 6.92 Å². The maximum atomic E-state index is 12.0. The fourth-order valence-corrected chi connectivity index (χ4v) is 3.07. The minimum atomic E-state index is -1.02. The molecule has 0 radical (unpaired) electrons. The maximum Gasteiger partial charge on any atom is 0.228 e. The molecule has 0 fully saturated rings. The lowest BCUT2D eigenvalue weighted by molar-refractivity contribution is 0.483. The lowest BCUT2D eigenvalue weighted by atomic mass is 10.0. The number of aromatic nitrogens is 2. The first-order valence-corrected chi connectivity index (χ1v) is 8.23. The summed E-state index contributed by atoms with van der Waals surface area (Å²) in [4.78, 5) is 0. The Morgan fingerprint density at radius 3 is 2.30 bits per heavy atom. The van der Waals surface area contributed by atoms with Crippen LogP contribution in [0.3, 0.4) is 0 Å². The Morgan fingerprint density at radius 2 is 1.75 bits per heavy atom. The largest absolute Gasteiger partial charge is 0.425 e. The molecule has 1 aromatic heterocycles. The lowest BCUT2D eigenvalue weighted by Crippen LogP contribution is -2.00. The van der Waals surface area contributed by atoms with Crippen LogP contribution in [0.15, 0.2) is 28.7 Å². The Hall–Kier alpha value is -1.49. The molecule has 2 aromatic rings. The van der Waals surface area contributed by atoms with Gasteiger partial charge in [-0.15, -0.1) is 10.2 Å². The molecule has 1 heterocycles. The van der Waals surface area contributed by atoms with Crippen LogP contribution in [0.2, 0.25) is 0 Å². The zero-order chi connectivity index (χ0) is 14.5. The normalized spacial score (nSPS) is 12.8. The third-order valence-electron chi connectivity index (χ3n) is 2.85. The van der Waals surface area contributed by atoms with Gasteiger partial charge < -0.3 is 4.42 Å². The average molecular weight is 292 g/mol. The molecule has 0 amide bonds. The molecule has 0 spiro atoms. The molecule has 1 atom stereocenters. The van der Waals surface area contributed by atoms with Gasteiger partial charge in [-0.1, -0.05) is 38.1 Å². The number of aryl methyl sites for hydroxylation is 1. The van der Waals surface area contributed by atoms with Gasteiger partial charge in [0.2, 0.25) is 11.8 Å². The highest BCUT2D eigenvalue weighted by Gasteiger charge is 2.09. The van der Waals surface area contributed by atoms with Gasteiger partial charge in [0.05, 0.1) is 0 Å². The van der Waals surface area contributed by atoms with Crippen LogP contribution in [0.4, 0.5) is 0 Å². The van der Waals surface area contributed by atoms with E-state index in [9.17, 15) is 4.21 Å². The lowest BCUT2D eigenvalue weighted by Gasteiger charge is -2.06. The van der Waals surface area contributed by atoms with Crippen molar-refractivity contribution in [1.29, 1.82) is 0 Å². The van der Waals surface area contributed by atoms with E-state index >= 15 is 0 Å². The van der Waals surface area contributed by atoms with Crippen LogP contribution in [0, 0.1) is 12.8 Å². The fraction of sp³-hybridized carbons (Fsp3) is 0.467. The van der Waals surface area contributed by atoms with E-state index in [1.165, 1.54) is 5.56 Å². The Bertz CT molecular complexity index is 576. The second-order valence-corrected chi connectivity index (χ2v) is 6.81. The van der Waals surface area contributed by atoms with Crippen molar-refractivity contribution < 1.29 is 8.63 Å². The SMILES string of the molecule is Cc1nnc(CS(=O)Cc2ccc(CC(C)C)cc2)o1. The predicted molar refractivity (Wildman–Crippen MR) is 79.6 cm³/mol. The minimum Gasteiger partial charge on any atom is -0.425 e. The molecule has 20 heavy (non-hydrogen) atoms. The molecular formula is C15H20N2O2S. The zero-order valence-corrected chi connectivity index (χ0v) is 12.9. The zero-order valence-electron chi connectivity index (χ0n) is 12.1. The number of nitrogens with zero attached hydrogens (tertiary/aromatic N) is 2. The molecule has 2 rings (SSSR count). The second-order valence-electron chi connectivity index (χ2n) is 5.36. The van der Waals surface area contributed by atoms with Crippen molar-refractivity contribution in [3.8, 4) is 0 Å². The molecule has 0 bridgehead atoms. The van der Waals surface area contributed by atoms with E-state index in [0.29, 0.717) is 29.2 Å². The molecule has 0 aliphatic rings. The van der Waals surface area contributed by atoms with Crippen LogP contribution in [0.5, 0.6) is 0 Å². The summed E-state index contributed by atoms with van der Waals surface area (Å²) in [5.74, 6) is 2.43. The van der Waals surface area contributed by atoms with E-state index in [4.69, 9.17) is 4.42 Å². The van der Waals surface area contributed by atoms with E-state index in [-0.39, 0.29) is 0 Å². The van der Waals surface area contributed by atoms with Crippen molar-refractivity contribution in [2.75, 3.05) is 0 Å². The van der Waals surface area contributed by atoms with E-state index in [0.717, 1.165) is 12.0 Å². The van der Waals surface area contributed by atoms with E-state index < -0.39 is 10.8 Å². The van der Waals surface area contributed by atoms with Crippen LogP contribution < -0.4 is 0 Å². The summed E-state index contributed by atoms with van der Waals surface area (Å²) >= 11 is 0. The van der Waals surface area contributed by atoms with Crippen molar-refractivity contribution in [1.82, 2.24) is 10.2 Å². The van der Waals surface area contributed by atoms with Gasteiger partial charge >= 0.3 is 0 Å². The molecule has 1 unspecified atom stereocenters. The number of rotatable bonds is 6. The highest BCUT2D eigenvalue weighted by Crippen LogP contribution is 2.12. The molecule has 108 valence electrons. The van der Waals surface area contributed by atoms with Gasteiger partial charge in [-0.05, 0) is 23.5 Å². The van der Waals surface area contributed by atoms with Crippen LogP contribution in [-0.4, -0.2) is 14.4 Å². The highest BCUT2D eigenvalue weighted by atomic mass is 32.2. The quantitative estimate of drug-likeness (QED) is 0.821. The summed E-state index contributed by atoms with van der Waals surface area (Å²) in [6.45, 7) is 6.14. The van der Waals surface area contributed by atoms with Crippen molar-refractivity contribution in [2.24, 2.45) is 5.92 Å². The Kier molecular flexibility index (Phi) is 5.06. The van der Waals surface area contributed by atoms with Gasteiger partial charge in [-0.3, -0.25) is 4.21 Å². The monoisotopic (exact) mass is 292 g/mol. The summed E-state index contributed by atoms with van der Waals surface area (Å²) in [5.41, 5.74) is 2.40. The summed E-state index contributed by atoms with van der Waals surface area (Å²) in [6.07, 6.45) is 1.07. The van der Waals surface area contributed by atoms with Gasteiger partial charge in [-0.25, -0.2) is 0 Å². The Labute approximate surface area is 122 Å². The number of hydrogen-bond acceptors (Lipinski definition) is 4. The summed E-state index contributed by atoms with van der Waals surface area (Å²) in [7, 11) is -1.02. The van der Waals surface area contributed by atoms with Gasteiger partial charge in [0.1, 0.15) is 5.75 Å². The molecule has 1 aromatic carbocycles. The smallest absolute Gasteiger partial charge is 0.228 e. The van der Waals surface area contributed by atoms with Crippen molar-refractivity contribution in [2.45, 2.75) is 38.7 Å². The third-order valence-corrected chi connectivity index (χ3v) is 4.07. The van der Waals surface area contributed by atoms with Gasteiger partial charge in [0.25, 0.3) is 0 Å². The fourth-order valence-electron chi connectivity index (χ4n) is 2.01. The van der Waals surface area contributed by atoms with Crippen LogP contribution in [-0.2, 0) is 28.7 Å². The first kappa shape index (κ1) is 14.9. The van der Waals surface area contributed by atoms with Crippen molar-refractivity contribution >= 4 is 10.8 Å². The summed E-state index contributed by atoms with van der Waals surface area (Å²) in [6, 6.07) is 8.33. The van der Waals surface area contributed by atoms with Crippen molar-refractivity contribution in [3.63, 3.8) is 0 Å². The predicted octanol–water partition coefficient (Wildman–Crippen LogP) is 3.03. The molecule has 5 heteroatoms. The minimum absolute atomic E-state index is 0.314. The molecule has 0 aliphatic heterocycles. The number of hydrogen-bond donors (Lipinski definition) is 0. The number of benzene rings is 1. The molecule has 0 aliphatic carbocycles. The van der Waals surface area contributed by atoms with Gasteiger partial charge in [0, 0.05) is 23.5 Å². The average Bonchev–Trinajstić information content (AvgIpc) is 2.76. The first-order valence-electron chi connectivity index (χ1n) is 6.74. The molecule has 4 nitrogen and oxygen atoms in total. The Balaban J connectivity index is 1.91. The molecule has 0 saturated heterocycles. The van der Waals surface area contributed by atoms with E-state index in [2.05, 4.69) is 48.3 Å². The van der Waals surface area contributed by atoms with Gasteiger partial charge in [-0.2, -0.15) is 0 Å². The molecular weight excluding hydrogens is 272 g/mol. The Morgan fingerprint density at radius 1 is 1.10 bits per heavy atom. The molecule has 0 N–H and O–H groups in total. The summed E-state index contributed by atoms with van der Waals surface area (Å²) < 4.78 is 17.3. The standard InChI is InChI=1S/C15H20N2O2S/c1-11(2)8-13-4-6-14(7-5-13)9-20(18)10-15-17-16-12(3)19-15/h4-7,11H,8-10H2,1-3H3. The topological polar surface area (TPSA) is 56.0 Å². The summed E-state index contributed by atoms with van der Waals surface area (Å²) in [5, 5.41) is 7.60. The van der Waals surface area contributed by atoms with E-state index in [1.807, 2.05) is 0 Å². The molecule has 0 saturated carbocycles. The first-order chi connectivity index (χ1) is 9.52. The maximum absolute atomic E-state index is 12.0. The highest BCUT2D eigenvalue weighted by molar-refractivity contribution is 7.83. The van der Waals surface area contributed by atoms with Crippen molar-refractivity contribution in [3.05, 3.63) is 47.2 Å². The van der Waals surface area contributed by atoms with Gasteiger partial charge in [0.15, 0.2) is 0 Å². The van der Waals surface area contributed by atoms with Crippen LogP contribution >= 0.6 is 0 Å². The third kappa shape index (κ3) is 4.56.